The van der Waals surface area contributed by atoms with Gasteiger partial charge in [0.25, 0.3) is 0 Å². The van der Waals surface area contributed by atoms with E-state index in [4.69, 9.17) is 0 Å². The number of rotatable bonds is 3. The van der Waals surface area contributed by atoms with E-state index >= 15 is 0 Å². The van der Waals surface area contributed by atoms with Crippen LogP contribution in [0, 0.1) is 5.92 Å². The third kappa shape index (κ3) is 1.71. The molecule has 2 rings (SSSR count). The van der Waals surface area contributed by atoms with Crippen molar-refractivity contribution in [2.45, 2.75) is 39.0 Å². The number of hydrogen-bond acceptors (Lipinski definition) is 1. The Bertz CT molecular complexity index is 367. The van der Waals surface area contributed by atoms with E-state index in [0.717, 1.165) is 18.4 Å². The molecule has 0 N–H and O–H groups in total. The number of carbonyl (C=O) groups excluding carboxylic acids is 1. The second-order valence-electron chi connectivity index (χ2n) is 4.49. The standard InChI is InChI=1S/C14H18O/c1-3-4-7-12-10(2)11-8-5-6-9-13(11)14(12)15/h5-6,8-10,12H,3-4,7H2,1-2H3/t10-,12+/m1/s1. The summed E-state index contributed by atoms with van der Waals surface area (Å²) in [5, 5.41) is 0. The van der Waals surface area contributed by atoms with Crippen LogP contribution in [0.4, 0.5) is 0 Å². The fraction of sp³-hybridized carbons (Fsp3) is 0.500. The Kier molecular flexibility index (Phi) is 2.90. The molecule has 1 aromatic rings. The molecular weight excluding hydrogens is 184 g/mol. The third-order valence-corrected chi connectivity index (χ3v) is 3.53. The summed E-state index contributed by atoms with van der Waals surface area (Å²) in [6, 6.07) is 8.07. The first-order valence-electron chi connectivity index (χ1n) is 5.88. The van der Waals surface area contributed by atoms with Crippen LogP contribution in [0.1, 0.15) is 54.9 Å². The van der Waals surface area contributed by atoms with Gasteiger partial charge in [-0.05, 0) is 17.9 Å². The molecule has 1 aliphatic rings. The van der Waals surface area contributed by atoms with Crippen molar-refractivity contribution in [3.05, 3.63) is 35.4 Å². The molecule has 0 spiro atoms. The number of fused-ring (bicyclic) bond motifs is 1. The molecule has 0 radical (unpaired) electrons. The van der Waals surface area contributed by atoms with E-state index in [0.29, 0.717) is 11.7 Å². The number of carbonyl (C=O) groups is 1. The average Bonchev–Trinajstić information content (AvgIpc) is 2.51. The van der Waals surface area contributed by atoms with Gasteiger partial charge in [-0.3, -0.25) is 4.79 Å². The normalized spacial score (nSPS) is 24.3. The van der Waals surface area contributed by atoms with E-state index in [1.807, 2.05) is 18.2 Å². The van der Waals surface area contributed by atoms with Crippen molar-refractivity contribution in [1.29, 1.82) is 0 Å². The Hall–Kier alpha value is -1.11. The minimum atomic E-state index is 0.238. The third-order valence-electron chi connectivity index (χ3n) is 3.53. The highest BCUT2D eigenvalue weighted by molar-refractivity contribution is 6.03. The number of benzene rings is 1. The molecule has 0 saturated heterocycles. The Labute approximate surface area is 91.5 Å². The van der Waals surface area contributed by atoms with Gasteiger partial charge in [0.1, 0.15) is 0 Å². The maximum Gasteiger partial charge on any atom is 0.166 e. The summed E-state index contributed by atoms with van der Waals surface area (Å²) in [5.74, 6) is 1.02. The lowest BCUT2D eigenvalue weighted by Gasteiger charge is -2.13. The first-order valence-corrected chi connectivity index (χ1v) is 5.88. The molecule has 15 heavy (non-hydrogen) atoms. The lowest BCUT2D eigenvalue weighted by molar-refractivity contribution is 0.0918. The highest BCUT2D eigenvalue weighted by Gasteiger charge is 2.35. The van der Waals surface area contributed by atoms with Gasteiger partial charge >= 0.3 is 0 Å². The highest BCUT2D eigenvalue weighted by Crippen LogP contribution is 2.39. The lowest BCUT2D eigenvalue weighted by atomic mass is 9.89. The van der Waals surface area contributed by atoms with Crippen molar-refractivity contribution in [2.75, 3.05) is 0 Å². The summed E-state index contributed by atoms with van der Waals surface area (Å²) in [4.78, 5) is 12.1. The first kappa shape index (κ1) is 10.4. The van der Waals surface area contributed by atoms with E-state index in [1.165, 1.54) is 12.0 Å². The minimum absolute atomic E-state index is 0.238. The maximum absolute atomic E-state index is 12.1. The van der Waals surface area contributed by atoms with Crippen LogP contribution in [0.3, 0.4) is 0 Å². The highest BCUT2D eigenvalue weighted by atomic mass is 16.1. The zero-order valence-electron chi connectivity index (χ0n) is 9.49. The molecule has 1 heteroatoms. The van der Waals surface area contributed by atoms with Crippen molar-refractivity contribution >= 4 is 5.78 Å². The lowest BCUT2D eigenvalue weighted by Crippen LogP contribution is -2.11. The zero-order valence-corrected chi connectivity index (χ0v) is 9.49. The van der Waals surface area contributed by atoms with Crippen LogP contribution < -0.4 is 0 Å². The number of Topliss-reactive ketones (excluding diaryl/α,β-unsaturated/α-hetero) is 1. The fourth-order valence-corrected chi connectivity index (χ4v) is 2.57. The molecule has 1 aliphatic carbocycles. The van der Waals surface area contributed by atoms with Crippen molar-refractivity contribution in [2.24, 2.45) is 5.92 Å². The molecular formula is C14H18O. The second-order valence-corrected chi connectivity index (χ2v) is 4.49. The van der Waals surface area contributed by atoms with Gasteiger partial charge in [-0.1, -0.05) is 51.0 Å². The van der Waals surface area contributed by atoms with Gasteiger partial charge < -0.3 is 0 Å². The summed E-state index contributed by atoms with van der Waals surface area (Å²) in [6.45, 7) is 4.36. The van der Waals surface area contributed by atoms with Gasteiger partial charge in [-0.25, -0.2) is 0 Å². The second kappa shape index (κ2) is 4.18. The molecule has 0 bridgehead atoms. The Balaban J connectivity index is 2.25. The van der Waals surface area contributed by atoms with Crippen molar-refractivity contribution in [1.82, 2.24) is 0 Å². The van der Waals surface area contributed by atoms with Crippen LogP contribution in [0.15, 0.2) is 24.3 Å². The summed E-state index contributed by atoms with van der Waals surface area (Å²) in [6.07, 6.45) is 3.38. The van der Waals surface area contributed by atoms with E-state index in [1.54, 1.807) is 0 Å². The molecule has 0 fully saturated rings. The minimum Gasteiger partial charge on any atom is -0.294 e. The van der Waals surface area contributed by atoms with Gasteiger partial charge in [-0.2, -0.15) is 0 Å². The molecule has 1 nitrogen and oxygen atoms in total. The van der Waals surface area contributed by atoms with Crippen LogP contribution >= 0.6 is 0 Å². The van der Waals surface area contributed by atoms with Gasteiger partial charge in [0, 0.05) is 11.5 Å². The monoisotopic (exact) mass is 202 g/mol. The van der Waals surface area contributed by atoms with Crippen LogP contribution in [0.25, 0.3) is 0 Å². The zero-order chi connectivity index (χ0) is 10.8. The summed E-state index contributed by atoms with van der Waals surface area (Å²) >= 11 is 0. The SMILES string of the molecule is CCCC[C@@H]1C(=O)c2ccccc2[C@H]1C. The molecule has 80 valence electrons. The van der Waals surface area contributed by atoms with Gasteiger partial charge in [0.15, 0.2) is 5.78 Å². The van der Waals surface area contributed by atoms with E-state index in [2.05, 4.69) is 19.9 Å². The molecule has 0 saturated carbocycles. The number of hydrogen-bond donors (Lipinski definition) is 0. The smallest absolute Gasteiger partial charge is 0.166 e. The van der Waals surface area contributed by atoms with Gasteiger partial charge in [0.2, 0.25) is 0 Å². The van der Waals surface area contributed by atoms with E-state index in [9.17, 15) is 4.79 Å². The maximum atomic E-state index is 12.1. The molecule has 0 amide bonds. The number of unbranched alkanes of at least 4 members (excludes halogenated alkanes) is 1. The largest absolute Gasteiger partial charge is 0.294 e. The van der Waals surface area contributed by atoms with Crippen LogP contribution in [-0.4, -0.2) is 5.78 Å². The fourth-order valence-electron chi connectivity index (χ4n) is 2.57. The first-order chi connectivity index (χ1) is 7.25. The van der Waals surface area contributed by atoms with Crippen LogP contribution in [0.5, 0.6) is 0 Å². The summed E-state index contributed by atoms with van der Waals surface area (Å²) in [7, 11) is 0. The molecule has 0 heterocycles. The molecule has 0 aromatic heterocycles. The molecule has 1 aromatic carbocycles. The van der Waals surface area contributed by atoms with Crippen LogP contribution in [-0.2, 0) is 0 Å². The van der Waals surface area contributed by atoms with Gasteiger partial charge in [0.05, 0.1) is 0 Å². The quantitative estimate of drug-likeness (QED) is 0.728. The predicted molar refractivity (Wildman–Crippen MR) is 62.2 cm³/mol. The molecule has 0 aliphatic heterocycles. The molecule has 0 unspecified atom stereocenters. The Morgan fingerprint density at radius 1 is 1.27 bits per heavy atom. The van der Waals surface area contributed by atoms with E-state index in [-0.39, 0.29) is 5.92 Å². The van der Waals surface area contributed by atoms with Crippen LogP contribution in [0.2, 0.25) is 0 Å². The van der Waals surface area contributed by atoms with Crippen molar-refractivity contribution < 1.29 is 4.79 Å². The topological polar surface area (TPSA) is 17.1 Å². The average molecular weight is 202 g/mol. The predicted octanol–water partition coefficient (Wildman–Crippen LogP) is 3.79. The Morgan fingerprint density at radius 2 is 2.00 bits per heavy atom. The Morgan fingerprint density at radius 3 is 2.67 bits per heavy atom. The summed E-state index contributed by atoms with van der Waals surface area (Å²) < 4.78 is 0. The van der Waals surface area contributed by atoms with Gasteiger partial charge in [-0.15, -0.1) is 0 Å². The molecule has 2 atom stereocenters. The van der Waals surface area contributed by atoms with E-state index < -0.39 is 0 Å². The van der Waals surface area contributed by atoms with Crippen molar-refractivity contribution in [3.8, 4) is 0 Å². The van der Waals surface area contributed by atoms with Crippen molar-refractivity contribution in [3.63, 3.8) is 0 Å². The summed E-state index contributed by atoms with van der Waals surface area (Å²) in [5.41, 5.74) is 2.22. The number of ketones is 1.